The molecule has 0 aliphatic heterocycles. The number of rotatable bonds is 9. The standard InChI is InChI=1S/C27H28ClN5O3S/c1-17-6-5-7-19(12-17)16-37-27-32-31-25(33(27)23-13-20(28)9-8-18(23)2)15-29-26(34)30-22-11-10-21(35-3)14-24(22)36-4/h5-14H,15-16H2,1-4H3,(H2,29,30,34). The van der Waals surface area contributed by atoms with Crippen LogP contribution in [0.1, 0.15) is 22.5 Å². The summed E-state index contributed by atoms with van der Waals surface area (Å²) in [5.41, 5.74) is 4.78. The molecular weight excluding hydrogens is 510 g/mol. The van der Waals surface area contributed by atoms with Gasteiger partial charge in [-0.1, -0.05) is 59.3 Å². The number of nitrogens with one attached hydrogen (secondary N) is 2. The zero-order chi connectivity index (χ0) is 26.4. The molecule has 8 nitrogen and oxygen atoms in total. The predicted octanol–water partition coefficient (Wildman–Crippen LogP) is 6.17. The molecule has 192 valence electrons. The number of carbonyl (C=O) groups is 1. The average molecular weight is 538 g/mol. The second-order valence-electron chi connectivity index (χ2n) is 8.32. The Hall–Kier alpha value is -3.69. The molecule has 0 aliphatic carbocycles. The summed E-state index contributed by atoms with van der Waals surface area (Å²) in [6.45, 7) is 4.22. The maximum atomic E-state index is 12.7. The maximum Gasteiger partial charge on any atom is 0.319 e. The molecule has 0 aliphatic rings. The van der Waals surface area contributed by atoms with Gasteiger partial charge in [-0.2, -0.15) is 0 Å². The quantitative estimate of drug-likeness (QED) is 0.248. The number of carbonyl (C=O) groups excluding carboxylic acids is 1. The van der Waals surface area contributed by atoms with Crippen LogP contribution in [0.15, 0.2) is 65.8 Å². The van der Waals surface area contributed by atoms with Gasteiger partial charge in [0.05, 0.1) is 32.1 Å². The molecule has 0 atom stereocenters. The summed E-state index contributed by atoms with van der Waals surface area (Å²) >= 11 is 7.91. The molecule has 10 heteroatoms. The lowest BCUT2D eigenvalue weighted by atomic mass is 10.2. The first kappa shape index (κ1) is 26.4. The number of aryl methyl sites for hydroxylation is 2. The number of ether oxygens (including phenoxy) is 2. The molecule has 0 saturated heterocycles. The van der Waals surface area contributed by atoms with Crippen molar-refractivity contribution in [1.82, 2.24) is 20.1 Å². The van der Waals surface area contributed by atoms with E-state index in [1.54, 1.807) is 37.1 Å². The summed E-state index contributed by atoms with van der Waals surface area (Å²) in [5, 5.41) is 15.8. The van der Waals surface area contributed by atoms with Gasteiger partial charge in [0.1, 0.15) is 11.5 Å². The summed E-state index contributed by atoms with van der Waals surface area (Å²) in [6.07, 6.45) is 0. The van der Waals surface area contributed by atoms with Gasteiger partial charge in [-0.25, -0.2) is 4.79 Å². The number of methoxy groups -OCH3 is 2. The Labute approximate surface area is 225 Å². The number of hydrogen-bond donors (Lipinski definition) is 2. The molecular formula is C27H28ClN5O3S. The smallest absolute Gasteiger partial charge is 0.319 e. The summed E-state index contributed by atoms with van der Waals surface area (Å²) in [6, 6.07) is 18.8. The van der Waals surface area contributed by atoms with Crippen LogP contribution in [0.25, 0.3) is 5.69 Å². The van der Waals surface area contributed by atoms with Crippen LogP contribution in [0.2, 0.25) is 5.02 Å². The third kappa shape index (κ3) is 6.55. The van der Waals surface area contributed by atoms with E-state index >= 15 is 0 Å². The van der Waals surface area contributed by atoms with Crippen LogP contribution in [0.4, 0.5) is 10.5 Å². The number of aromatic nitrogens is 3. The summed E-state index contributed by atoms with van der Waals surface area (Å²) in [5.74, 6) is 2.42. The molecule has 2 amide bonds. The van der Waals surface area contributed by atoms with Gasteiger partial charge >= 0.3 is 6.03 Å². The average Bonchev–Trinajstić information content (AvgIpc) is 3.30. The van der Waals surface area contributed by atoms with Crippen LogP contribution in [-0.4, -0.2) is 35.0 Å². The fourth-order valence-electron chi connectivity index (χ4n) is 3.75. The van der Waals surface area contributed by atoms with Gasteiger partial charge in [0.2, 0.25) is 0 Å². The normalized spacial score (nSPS) is 10.7. The van der Waals surface area contributed by atoms with Crippen LogP contribution < -0.4 is 20.1 Å². The van der Waals surface area contributed by atoms with Gasteiger partial charge in [0.25, 0.3) is 0 Å². The van der Waals surface area contributed by atoms with E-state index in [9.17, 15) is 4.79 Å². The number of benzene rings is 3. The minimum atomic E-state index is -0.408. The van der Waals surface area contributed by atoms with Gasteiger partial charge in [-0.05, 0) is 49.2 Å². The zero-order valence-corrected chi connectivity index (χ0v) is 22.6. The first-order chi connectivity index (χ1) is 17.9. The van der Waals surface area contributed by atoms with Crippen molar-refractivity contribution in [1.29, 1.82) is 0 Å². The number of nitrogens with zero attached hydrogens (tertiary/aromatic N) is 3. The Bertz CT molecular complexity index is 1410. The molecule has 1 heterocycles. The molecule has 2 N–H and O–H groups in total. The second-order valence-corrected chi connectivity index (χ2v) is 9.70. The molecule has 37 heavy (non-hydrogen) atoms. The van der Waals surface area contributed by atoms with Gasteiger partial charge < -0.3 is 20.1 Å². The molecule has 0 unspecified atom stereocenters. The van der Waals surface area contributed by atoms with Crippen molar-refractivity contribution in [2.45, 2.75) is 31.3 Å². The van der Waals surface area contributed by atoms with Crippen LogP contribution in [-0.2, 0) is 12.3 Å². The van der Waals surface area contributed by atoms with Crippen molar-refractivity contribution in [2.75, 3.05) is 19.5 Å². The highest BCUT2D eigenvalue weighted by atomic mass is 35.5. The SMILES string of the molecule is COc1ccc(NC(=O)NCc2nnc(SCc3cccc(C)c3)n2-c2cc(Cl)ccc2C)c(OC)c1. The lowest BCUT2D eigenvalue weighted by Crippen LogP contribution is -2.29. The number of halogens is 1. The first-order valence-corrected chi connectivity index (χ1v) is 12.9. The Morgan fingerprint density at radius 2 is 1.86 bits per heavy atom. The summed E-state index contributed by atoms with van der Waals surface area (Å²) < 4.78 is 12.5. The number of urea groups is 1. The van der Waals surface area contributed by atoms with E-state index < -0.39 is 6.03 Å². The molecule has 4 rings (SSSR count). The molecule has 0 saturated carbocycles. The lowest BCUT2D eigenvalue weighted by molar-refractivity contribution is 0.251. The lowest BCUT2D eigenvalue weighted by Gasteiger charge is -2.15. The monoisotopic (exact) mass is 537 g/mol. The van der Waals surface area contributed by atoms with Crippen molar-refractivity contribution >= 4 is 35.1 Å². The van der Waals surface area contributed by atoms with Crippen molar-refractivity contribution in [3.63, 3.8) is 0 Å². The Morgan fingerprint density at radius 1 is 1.03 bits per heavy atom. The number of hydrogen-bond acceptors (Lipinski definition) is 6. The Morgan fingerprint density at radius 3 is 2.62 bits per heavy atom. The largest absolute Gasteiger partial charge is 0.497 e. The first-order valence-electron chi connectivity index (χ1n) is 11.5. The minimum Gasteiger partial charge on any atom is -0.497 e. The van der Waals surface area contributed by atoms with E-state index in [0.717, 1.165) is 17.0 Å². The fourth-order valence-corrected chi connectivity index (χ4v) is 4.82. The van der Waals surface area contributed by atoms with Crippen LogP contribution >= 0.6 is 23.4 Å². The highest BCUT2D eigenvalue weighted by Crippen LogP contribution is 2.30. The van der Waals surface area contributed by atoms with E-state index in [1.807, 2.05) is 35.8 Å². The third-order valence-electron chi connectivity index (χ3n) is 5.63. The zero-order valence-electron chi connectivity index (χ0n) is 21.0. The van der Waals surface area contributed by atoms with Crippen molar-refractivity contribution in [2.24, 2.45) is 0 Å². The van der Waals surface area contributed by atoms with E-state index in [1.165, 1.54) is 18.2 Å². The molecule has 3 aromatic carbocycles. The van der Waals surface area contributed by atoms with E-state index in [4.69, 9.17) is 21.1 Å². The number of thioether (sulfide) groups is 1. The fraction of sp³-hybridized carbons (Fsp3) is 0.222. The molecule has 0 spiro atoms. The molecule has 0 bridgehead atoms. The number of amides is 2. The van der Waals surface area contributed by atoms with Gasteiger partial charge in [0.15, 0.2) is 11.0 Å². The highest BCUT2D eigenvalue weighted by molar-refractivity contribution is 7.98. The van der Waals surface area contributed by atoms with Crippen LogP contribution in [0, 0.1) is 13.8 Å². The topological polar surface area (TPSA) is 90.3 Å². The van der Waals surface area contributed by atoms with E-state index in [0.29, 0.717) is 33.2 Å². The summed E-state index contributed by atoms with van der Waals surface area (Å²) in [7, 11) is 3.10. The van der Waals surface area contributed by atoms with Gasteiger partial charge in [-0.3, -0.25) is 4.57 Å². The van der Waals surface area contributed by atoms with Gasteiger partial charge in [0, 0.05) is 16.8 Å². The molecule has 1 aromatic heterocycles. The summed E-state index contributed by atoms with van der Waals surface area (Å²) in [4.78, 5) is 12.7. The van der Waals surface area contributed by atoms with E-state index in [2.05, 4.69) is 46.0 Å². The van der Waals surface area contributed by atoms with Crippen LogP contribution in [0.5, 0.6) is 11.5 Å². The predicted molar refractivity (Wildman–Crippen MR) is 147 cm³/mol. The molecule has 0 fully saturated rings. The molecule has 0 radical (unpaired) electrons. The molecule has 4 aromatic rings. The van der Waals surface area contributed by atoms with E-state index in [-0.39, 0.29) is 6.54 Å². The van der Waals surface area contributed by atoms with Crippen molar-refractivity contribution < 1.29 is 14.3 Å². The van der Waals surface area contributed by atoms with Crippen molar-refractivity contribution in [3.8, 4) is 17.2 Å². The maximum absolute atomic E-state index is 12.7. The number of anilines is 1. The highest BCUT2D eigenvalue weighted by Gasteiger charge is 2.18. The van der Waals surface area contributed by atoms with Gasteiger partial charge in [-0.15, -0.1) is 10.2 Å². The second kappa shape index (κ2) is 12.0. The minimum absolute atomic E-state index is 0.147. The van der Waals surface area contributed by atoms with Crippen LogP contribution in [0.3, 0.4) is 0 Å². The van der Waals surface area contributed by atoms with Crippen molar-refractivity contribution in [3.05, 3.63) is 88.2 Å². The Balaban J connectivity index is 1.55. The third-order valence-corrected chi connectivity index (χ3v) is 6.86. The Kier molecular flexibility index (Phi) is 8.58.